The second-order valence-corrected chi connectivity index (χ2v) is 8.89. The number of rotatable bonds is 8. The normalized spacial score (nSPS) is 12.0. The third-order valence-corrected chi connectivity index (χ3v) is 6.23. The van der Waals surface area contributed by atoms with Crippen molar-refractivity contribution < 1.29 is 9.59 Å². The number of nitrogens with zero attached hydrogens (tertiary/aromatic N) is 4. The highest BCUT2D eigenvalue weighted by molar-refractivity contribution is 7.99. The molecule has 0 fully saturated rings. The zero-order valence-corrected chi connectivity index (χ0v) is 18.9. The highest BCUT2D eigenvalue weighted by atomic mass is 32.2. The molecule has 10 heteroatoms. The minimum atomic E-state index is -0.309. The van der Waals surface area contributed by atoms with Crippen LogP contribution in [0.15, 0.2) is 40.9 Å². The van der Waals surface area contributed by atoms with Gasteiger partial charge in [-0.25, -0.2) is 4.98 Å². The predicted molar refractivity (Wildman–Crippen MR) is 119 cm³/mol. The second kappa shape index (κ2) is 9.86. The average Bonchev–Trinajstić information content (AvgIpc) is 3.30. The SMILES string of the molecule is Cc1csc(NC(=O)CSc2nnc(C(NC(=O)c3ccccc3)C(C)C)n2C)n1. The number of nitrogens with one attached hydrogen (secondary N) is 2. The molecule has 0 aliphatic carbocycles. The van der Waals surface area contributed by atoms with Crippen LogP contribution in [0.1, 0.15) is 41.8 Å². The van der Waals surface area contributed by atoms with Gasteiger partial charge in [-0.1, -0.05) is 43.8 Å². The molecule has 30 heavy (non-hydrogen) atoms. The molecule has 0 bridgehead atoms. The molecule has 0 radical (unpaired) electrons. The van der Waals surface area contributed by atoms with Gasteiger partial charge >= 0.3 is 0 Å². The fourth-order valence-corrected chi connectivity index (χ4v) is 4.19. The first-order valence-electron chi connectivity index (χ1n) is 9.45. The number of hydrogen-bond donors (Lipinski definition) is 2. The van der Waals surface area contributed by atoms with Crippen molar-refractivity contribution in [1.29, 1.82) is 0 Å². The van der Waals surface area contributed by atoms with Gasteiger partial charge in [-0.15, -0.1) is 21.5 Å². The standard InChI is InChI=1S/C20H24N6O2S2/c1-12(2)16(23-18(28)14-8-6-5-7-9-14)17-24-25-20(26(17)4)30-11-15(27)22-19-21-13(3)10-29-19/h5-10,12,16H,11H2,1-4H3,(H,23,28)(H,21,22,27). The van der Waals surface area contributed by atoms with Crippen LogP contribution in [0.4, 0.5) is 5.13 Å². The lowest BCUT2D eigenvalue weighted by Gasteiger charge is -2.21. The highest BCUT2D eigenvalue weighted by Gasteiger charge is 2.25. The van der Waals surface area contributed by atoms with Gasteiger partial charge in [-0.2, -0.15) is 0 Å². The molecule has 3 rings (SSSR count). The molecule has 0 aliphatic rings. The lowest BCUT2D eigenvalue weighted by molar-refractivity contribution is -0.113. The smallest absolute Gasteiger partial charge is 0.251 e. The van der Waals surface area contributed by atoms with Gasteiger partial charge in [0.2, 0.25) is 5.91 Å². The quantitative estimate of drug-likeness (QED) is 0.516. The maximum atomic E-state index is 12.6. The minimum Gasteiger partial charge on any atom is -0.342 e. The van der Waals surface area contributed by atoms with Crippen LogP contribution in [0.2, 0.25) is 0 Å². The van der Waals surface area contributed by atoms with Crippen molar-refractivity contribution in [3.8, 4) is 0 Å². The summed E-state index contributed by atoms with van der Waals surface area (Å²) in [5.74, 6) is 0.622. The third kappa shape index (κ3) is 5.45. The van der Waals surface area contributed by atoms with Crippen molar-refractivity contribution in [2.45, 2.75) is 32.0 Å². The van der Waals surface area contributed by atoms with E-state index >= 15 is 0 Å². The maximum Gasteiger partial charge on any atom is 0.251 e. The molecule has 158 valence electrons. The lowest BCUT2D eigenvalue weighted by Crippen LogP contribution is -2.33. The summed E-state index contributed by atoms with van der Waals surface area (Å²) in [6.45, 7) is 5.91. The van der Waals surface area contributed by atoms with Crippen LogP contribution in [0.25, 0.3) is 0 Å². The van der Waals surface area contributed by atoms with E-state index in [1.165, 1.54) is 23.1 Å². The molecular weight excluding hydrogens is 420 g/mol. The van der Waals surface area contributed by atoms with E-state index in [2.05, 4.69) is 25.8 Å². The number of amides is 2. The van der Waals surface area contributed by atoms with Crippen molar-refractivity contribution >= 4 is 40.0 Å². The minimum absolute atomic E-state index is 0.106. The van der Waals surface area contributed by atoms with Gasteiger partial charge in [0.25, 0.3) is 5.91 Å². The van der Waals surface area contributed by atoms with Gasteiger partial charge in [0.1, 0.15) is 0 Å². The maximum absolute atomic E-state index is 12.6. The van der Waals surface area contributed by atoms with Gasteiger partial charge in [0.15, 0.2) is 16.1 Å². The molecule has 1 aromatic carbocycles. The number of thiazole rings is 1. The van der Waals surface area contributed by atoms with E-state index in [1.807, 2.05) is 56.0 Å². The molecule has 0 spiro atoms. The topological polar surface area (TPSA) is 102 Å². The van der Waals surface area contributed by atoms with Crippen LogP contribution in [0.5, 0.6) is 0 Å². The van der Waals surface area contributed by atoms with E-state index in [0.29, 0.717) is 21.7 Å². The first-order valence-corrected chi connectivity index (χ1v) is 11.3. The molecule has 0 saturated heterocycles. The van der Waals surface area contributed by atoms with Gasteiger partial charge in [-0.3, -0.25) is 9.59 Å². The average molecular weight is 445 g/mol. The Labute approximate surface area is 183 Å². The molecule has 0 aliphatic heterocycles. The summed E-state index contributed by atoms with van der Waals surface area (Å²) in [7, 11) is 1.84. The van der Waals surface area contributed by atoms with Crippen molar-refractivity contribution in [2.75, 3.05) is 11.1 Å². The highest BCUT2D eigenvalue weighted by Crippen LogP contribution is 2.24. The Kier molecular flexibility index (Phi) is 7.22. The van der Waals surface area contributed by atoms with Crippen LogP contribution in [0.3, 0.4) is 0 Å². The number of aryl methyl sites for hydroxylation is 1. The molecule has 2 amide bonds. The van der Waals surface area contributed by atoms with Gasteiger partial charge in [0, 0.05) is 18.0 Å². The molecule has 2 aromatic heterocycles. The number of aromatic nitrogens is 4. The van der Waals surface area contributed by atoms with E-state index < -0.39 is 0 Å². The zero-order valence-electron chi connectivity index (χ0n) is 17.2. The number of thioether (sulfide) groups is 1. The fourth-order valence-electron chi connectivity index (χ4n) is 2.76. The van der Waals surface area contributed by atoms with Crippen molar-refractivity contribution in [1.82, 2.24) is 25.1 Å². The first kappa shape index (κ1) is 22.0. The number of hydrogen-bond acceptors (Lipinski definition) is 7. The lowest BCUT2D eigenvalue weighted by atomic mass is 10.0. The summed E-state index contributed by atoms with van der Waals surface area (Å²) in [4.78, 5) is 29.0. The van der Waals surface area contributed by atoms with E-state index in [0.717, 1.165) is 5.69 Å². The fraction of sp³-hybridized carbons (Fsp3) is 0.350. The monoisotopic (exact) mass is 444 g/mol. The van der Waals surface area contributed by atoms with Crippen LogP contribution in [-0.2, 0) is 11.8 Å². The Morgan fingerprint density at radius 2 is 1.93 bits per heavy atom. The molecule has 1 unspecified atom stereocenters. The van der Waals surface area contributed by atoms with E-state index in [4.69, 9.17) is 0 Å². The third-order valence-electron chi connectivity index (χ3n) is 4.33. The van der Waals surface area contributed by atoms with Crippen molar-refractivity contribution in [3.63, 3.8) is 0 Å². The molecule has 0 saturated carbocycles. The van der Waals surface area contributed by atoms with Crippen LogP contribution in [-0.4, -0.2) is 37.3 Å². The van der Waals surface area contributed by atoms with Crippen LogP contribution in [0, 0.1) is 12.8 Å². The number of anilines is 1. The summed E-state index contributed by atoms with van der Waals surface area (Å²) >= 11 is 2.68. The predicted octanol–water partition coefficient (Wildman–Crippen LogP) is 3.44. The molecule has 1 atom stereocenters. The Morgan fingerprint density at radius 3 is 2.57 bits per heavy atom. The van der Waals surface area contributed by atoms with Crippen LogP contribution >= 0.6 is 23.1 Å². The Bertz CT molecular complexity index is 1020. The van der Waals surface area contributed by atoms with Crippen molar-refractivity contribution in [3.05, 3.63) is 52.8 Å². The number of benzene rings is 1. The van der Waals surface area contributed by atoms with Crippen LogP contribution < -0.4 is 10.6 Å². The largest absolute Gasteiger partial charge is 0.342 e. The summed E-state index contributed by atoms with van der Waals surface area (Å²) in [6, 6.07) is 8.76. The van der Waals surface area contributed by atoms with Gasteiger partial charge in [-0.05, 0) is 25.0 Å². The first-order chi connectivity index (χ1) is 14.3. The molecular formula is C20H24N6O2S2. The zero-order chi connectivity index (χ0) is 21.7. The van der Waals surface area contributed by atoms with E-state index in [1.54, 1.807) is 12.1 Å². The number of carbonyl (C=O) groups excluding carboxylic acids is 2. The summed E-state index contributed by atoms with van der Waals surface area (Å²) < 4.78 is 1.82. The van der Waals surface area contributed by atoms with E-state index in [9.17, 15) is 9.59 Å². The van der Waals surface area contributed by atoms with Crippen molar-refractivity contribution in [2.24, 2.45) is 13.0 Å². The molecule has 3 aromatic rings. The summed E-state index contributed by atoms with van der Waals surface area (Å²) in [5.41, 5.74) is 1.46. The van der Waals surface area contributed by atoms with E-state index in [-0.39, 0.29) is 29.5 Å². The summed E-state index contributed by atoms with van der Waals surface area (Å²) in [6.07, 6.45) is 0. The Balaban J connectivity index is 1.65. The molecule has 2 N–H and O–H groups in total. The Hall–Kier alpha value is -2.72. The van der Waals surface area contributed by atoms with Gasteiger partial charge in [0.05, 0.1) is 17.5 Å². The second-order valence-electron chi connectivity index (χ2n) is 7.09. The number of carbonyl (C=O) groups is 2. The van der Waals surface area contributed by atoms with Gasteiger partial charge < -0.3 is 15.2 Å². The molecule has 8 nitrogen and oxygen atoms in total. The molecule has 2 heterocycles. The Morgan fingerprint density at radius 1 is 1.20 bits per heavy atom. The summed E-state index contributed by atoms with van der Waals surface area (Å²) in [5, 5.41) is 17.4.